The molecule has 1 aliphatic carbocycles. The molecule has 2 atom stereocenters. The number of nitriles is 1. The zero-order chi connectivity index (χ0) is 25.0. The van der Waals surface area contributed by atoms with Crippen molar-refractivity contribution in [1.82, 2.24) is 24.3 Å². The van der Waals surface area contributed by atoms with Gasteiger partial charge in [0.25, 0.3) is 6.43 Å². The lowest BCUT2D eigenvalue weighted by Crippen LogP contribution is -2.49. The Hall–Kier alpha value is -2.73. The van der Waals surface area contributed by atoms with E-state index < -0.39 is 27.0 Å². The predicted octanol–water partition coefficient (Wildman–Crippen LogP) is 3.13. The number of aromatic nitrogens is 4. The number of sulfonamides is 1. The van der Waals surface area contributed by atoms with Gasteiger partial charge in [0, 0.05) is 12.7 Å². The first-order chi connectivity index (χ1) is 16.7. The van der Waals surface area contributed by atoms with Gasteiger partial charge in [-0.05, 0) is 32.3 Å². The lowest BCUT2D eigenvalue weighted by Gasteiger charge is -2.40. The summed E-state index contributed by atoms with van der Waals surface area (Å²) in [6.45, 7) is 4.94. The zero-order valence-corrected chi connectivity index (χ0v) is 20.6. The third-order valence-corrected chi connectivity index (χ3v) is 8.72. The lowest BCUT2D eigenvalue weighted by atomic mass is 10.1. The number of nitrogens with zero attached hydrogens (tertiary/aromatic N) is 6. The van der Waals surface area contributed by atoms with Gasteiger partial charge in [0.1, 0.15) is 16.1 Å². The van der Waals surface area contributed by atoms with Crippen LogP contribution in [0.2, 0.25) is 0 Å². The number of alkyl halides is 2. The summed E-state index contributed by atoms with van der Waals surface area (Å²) >= 11 is 0.723. The fourth-order valence-corrected chi connectivity index (χ4v) is 6.24. The molecule has 5 rings (SSSR count). The van der Waals surface area contributed by atoms with Crippen LogP contribution in [0.1, 0.15) is 44.5 Å². The Labute approximate surface area is 204 Å². The van der Waals surface area contributed by atoms with Crippen LogP contribution in [0.4, 0.5) is 14.5 Å². The van der Waals surface area contributed by atoms with Crippen LogP contribution in [0.25, 0.3) is 16.3 Å². The van der Waals surface area contributed by atoms with E-state index in [9.17, 15) is 22.5 Å². The van der Waals surface area contributed by atoms with Crippen molar-refractivity contribution in [3.63, 3.8) is 0 Å². The number of imidazole rings is 1. The van der Waals surface area contributed by atoms with Crippen molar-refractivity contribution < 1.29 is 21.9 Å². The van der Waals surface area contributed by atoms with Crippen molar-refractivity contribution in [3.8, 4) is 16.8 Å². The van der Waals surface area contributed by atoms with Crippen LogP contribution in [0.5, 0.6) is 0 Å². The molecule has 1 saturated heterocycles. The summed E-state index contributed by atoms with van der Waals surface area (Å²) in [4.78, 5) is 6.52. The quantitative estimate of drug-likeness (QED) is 0.501. The summed E-state index contributed by atoms with van der Waals surface area (Å²) in [5.74, 6) is 0. The third kappa shape index (κ3) is 4.37. The number of fused-ring (bicyclic) bond motifs is 1. The highest BCUT2D eigenvalue weighted by molar-refractivity contribution is 7.89. The molecule has 0 unspecified atom stereocenters. The number of ether oxygens (including phenoxy) is 1. The van der Waals surface area contributed by atoms with E-state index in [1.54, 1.807) is 10.5 Å². The van der Waals surface area contributed by atoms with Crippen LogP contribution in [-0.4, -0.2) is 58.8 Å². The number of hydrogen-bond acceptors (Lipinski definition) is 9. The van der Waals surface area contributed by atoms with E-state index in [0.29, 0.717) is 43.0 Å². The third-order valence-electron chi connectivity index (χ3n) is 6.26. The first-order valence-electron chi connectivity index (χ1n) is 11.1. The van der Waals surface area contributed by atoms with E-state index in [0.717, 1.165) is 17.8 Å². The first kappa shape index (κ1) is 24.0. The van der Waals surface area contributed by atoms with Crippen molar-refractivity contribution in [2.75, 3.05) is 18.1 Å². The Balaban J connectivity index is 1.69. The summed E-state index contributed by atoms with van der Waals surface area (Å²) in [6.07, 6.45) is 1.63. The monoisotopic (exact) mass is 523 g/mol. The summed E-state index contributed by atoms with van der Waals surface area (Å²) < 4.78 is 62.8. The number of anilines is 1. The van der Waals surface area contributed by atoms with E-state index in [1.807, 2.05) is 19.9 Å². The second-order valence-corrected chi connectivity index (χ2v) is 11.5. The number of pyridine rings is 1. The van der Waals surface area contributed by atoms with Crippen molar-refractivity contribution >= 4 is 32.7 Å². The van der Waals surface area contributed by atoms with Crippen LogP contribution in [-0.2, 0) is 14.8 Å². The van der Waals surface area contributed by atoms with Gasteiger partial charge in [-0.15, -0.1) is 10.2 Å². The van der Waals surface area contributed by atoms with Crippen LogP contribution >= 0.6 is 11.3 Å². The van der Waals surface area contributed by atoms with E-state index in [-0.39, 0.29) is 22.0 Å². The van der Waals surface area contributed by atoms with Crippen molar-refractivity contribution in [2.24, 2.45) is 0 Å². The molecule has 0 aromatic carbocycles. The van der Waals surface area contributed by atoms with Gasteiger partial charge in [-0.3, -0.25) is 4.40 Å². The van der Waals surface area contributed by atoms with E-state index in [4.69, 9.17) is 4.74 Å². The summed E-state index contributed by atoms with van der Waals surface area (Å²) in [5, 5.41) is 16.6. The fraction of sp³-hybridized carbons (Fsp3) is 0.524. The maximum absolute atomic E-state index is 13.3. The SMILES string of the molecule is CC[C@H]1CO[C@@H](C)CN1c1cc(S(=O)(=O)NC2(C#N)CC2)cn2c(-c3nnc(C(F)F)s3)cnc12. The number of morpholine rings is 1. The summed E-state index contributed by atoms with van der Waals surface area (Å²) in [5.41, 5.74) is 0.276. The molecule has 14 heteroatoms. The van der Waals surface area contributed by atoms with Crippen LogP contribution in [0.15, 0.2) is 23.4 Å². The smallest absolute Gasteiger partial charge is 0.291 e. The van der Waals surface area contributed by atoms with Gasteiger partial charge in [0.05, 0.1) is 36.7 Å². The molecule has 2 fully saturated rings. The molecule has 0 radical (unpaired) electrons. The molecule has 1 N–H and O–H groups in total. The van der Waals surface area contributed by atoms with Crippen molar-refractivity contribution in [2.45, 2.75) is 62.1 Å². The average Bonchev–Trinajstić information content (AvgIpc) is 3.21. The second kappa shape index (κ2) is 8.74. The van der Waals surface area contributed by atoms with E-state index >= 15 is 0 Å². The van der Waals surface area contributed by atoms with Crippen LogP contribution in [0.3, 0.4) is 0 Å². The lowest BCUT2D eigenvalue weighted by molar-refractivity contribution is 0.0300. The summed E-state index contributed by atoms with van der Waals surface area (Å²) in [6, 6.07) is 3.57. The number of hydrogen-bond donors (Lipinski definition) is 1. The molecule has 0 spiro atoms. The van der Waals surface area contributed by atoms with Gasteiger partial charge in [-0.1, -0.05) is 18.3 Å². The van der Waals surface area contributed by atoms with Gasteiger partial charge in [-0.2, -0.15) is 9.98 Å². The second-order valence-electron chi connectivity index (χ2n) is 8.80. The minimum absolute atomic E-state index is 0.0121. The highest BCUT2D eigenvalue weighted by Gasteiger charge is 2.47. The first-order valence-corrected chi connectivity index (χ1v) is 13.4. The Morgan fingerprint density at radius 2 is 2.17 bits per heavy atom. The summed E-state index contributed by atoms with van der Waals surface area (Å²) in [7, 11) is -4.07. The molecular formula is C21H23F2N7O3S2. The molecule has 35 heavy (non-hydrogen) atoms. The van der Waals surface area contributed by atoms with Gasteiger partial charge >= 0.3 is 0 Å². The van der Waals surface area contributed by atoms with Crippen LogP contribution < -0.4 is 9.62 Å². The molecule has 3 aromatic heterocycles. The zero-order valence-electron chi connectivity index (χ0n) is 19.0. The number of rotatable bonds is 7. The van der Waals surface area contributed by atoms with E-state index in [2.05, 4.69) is 24.8 Å². The molecule has 1 saturated carbocycles. The van der Waals surface area contributed by atoms with Gasteiger partial charge in [0.15, 0.2) is 15.7 Å². The normalized spacial score (nSPS) is 22.0. The largest absolute Gasteiger partial charge is 0.375 e. The van der Waals surface area contributed by atoms with E-state index in [1.165, 1.54) is 12.4 Å². The van der Waals surface area contributed by atoms with Gasteiger partial charge < -0.3 is 9.64 Å². The average molecular weight is 524 g/mol. The molecule has 10 nitrogen and oxygen atoms in total. The maximum Gasteiger partial charge on any atom is 0.291 e. The molecule has 2 aliphatic rings. The Morgan fingerprint density at radius 1 is 1.40 bits per heavy atom. The van der Waals surface area contributed by atoms with Crippen molar-refractivity contribution in [3.05, 3.63) is 23.5 Å². The topological polar surface area (TPSA) is 126 Å². The van der Waals surface area contributed by atoms with Crippen molar-refractivity contribution in [1.29, 1.82) is 5.26 Å². The van der Waals surface area contributed by atoms with Gasteiger partial charge in [0.2, 0.25) is 10.0 Å². The predicted molar refractivity (Wildman–Crippen MR) is 124 cm³/mol. The molecular weight excluding hydrogens is 500 g/mol. The van der Waals surface area contributed by atoms with Gasteiger partial charge in [-0.25, -0.2) is 22.2 Å². The molecule has 3 aromatic rings. The Kier molecular flexibility index (Phi) is 5.99. The maximum atomic E-state index is 13.3. The highest BCUT2D eigenvalue weighted by Crippen LogP contribution is 2.38. The molecule has 4 heterocycles. The molecule has 1 aliphatic heterocycles. The molecule has 0 amide bonds. The highest BCUT2D eigenvalue weighted by atomic mass is 32.2. The molecule has 186 valence electrons. The van der Waals surface area contributed by atoms with Crippen LogP contribution in [0, 0.1) is 11.3 Å². The number of halogens is 2. The Bertz CT molecular complexity index is 1410. The standard InChI is InChI=1S/C21H23F2N7O3S2/c1-3-13-10-33-12(2)8-29(13)15-6-14(35(31,32)28-21(11-24)4-5-21)9-30-16(7-25-18(15)30)19-26-27-20(34-19)17(22)23/h6-7,9,12-13,17,28H,3-5,8,10H2,1-2H3/t12-,13-/m0/s1. The fourth-order valence-electron chi connectivity index (χ4n) is 4.14. The Morgan fingerprint density at radius 3 is 2.80 bits per heavy atom. The number of nitrogens with one attached hydrogen (secondary N) is 1. The molecule has 0 bridgehead atoms. The minimum Gasteiger partial charge on any atom is -0.375 e. The minimum atomic E-state index is -4.07.